The van der Waals surface area contributed by atoms with E-state index in [1.807, 2.05) is 32.0 Å². The Morgan fingerprint density at radius 3 is 2.68 bits per heavy atom. The number of nitrogens with one attached hydrogen (secondary N) is 1. The minimum absolute atomic E-state index is 0.0616. The molecular weight excluding hydrogens is 393 g/mol. The van der Waals surface area contributed by atoms with Crippen LogP contribution in [0.3, 0.4) is 0 Å². The second kappa shape index (κ2) is 8.04. The highest BCUT2D eigenvalue weighted by Gasteiger charge is 2.37. The first kappa shape index (κ1) is 20.3. The number of nitriles is 1. The molecule has 0 aromatic heterocycles. The number of hydrogen-bond donors (Lipinski definition) is 2. The lowest BCUT2D eigenvalue weighted by molar-refractivity contribution is 0.435. The van der Waals surface area contributed by atoms with Gasteiger partial charge in [-0.15, -0.1) is 0 Å². The van der Waals surface area contributed by atoms with E-state index in [0.29, 0.717) is 16.7 Å². The van der Waals surface area contributed by atoms with Gasteiger partial charge in [0.25, 0.3) is 0 Å². The van der Waals surface area contributed by atoms with Crippen molar-refractivity contribution in [3.8, 4) is 17.6 Å². The van der Waals surface area contributed by atoms with E-state index in [9.17, 15) is 14.8 Å². The van der Waals surface area contributed by atoms with E-state index < -0.39 is 17.7 Å². The van der Waals surface area contributed by atoms with Crippen LogP contribution in [-0.2, 0) is 0 Å². The normalized spacial score (nSPS) is 17.8. The summed E-state index contributed by atoms with van der Waals surface area (Å²) >= 11 is 0. The zero-order chi connectivity index (χ0) is 22.1. The molecular formula is C25H20FN3O2. The van der Waals surface area contributed by atoms with E-state index >= 15 is 0 Å². The highest BCUT2D eigenvalue weighted by Crippen LogP contribution is 2.44. The monoisotopic (exact) mass is 413 g/mol. The molecule has 4 rings (SSSR count). The standard InChI is InChI=1S/C25H20FN3O2/c1-14-6-7-21(15(2)8-14)29-13-17-10-19-23(11-22(17)30)31-25(28)20(12-27)24(19)16-4-3-5-18(26)9-16/h3-11,13,20,24,28,30H,1-2H3. The Balaban J connectivity index is 1.82. The predicted octanol–water partition coefficient (Wildman–Crippen LogP) is 5.54. The molecule has 0 fully saturated rings. The van der Waals surface area contributed by atoms with Crippen LogP contribution in [0.25, 0.3) is 0 Å². The van der Waals surface area contributed by atoms with Gasteiger partial charge in [0.05, 0.1) is 11.8 Å². The van der Waals surface area contributed by atoms with Crippen LogP contribution < -0.4 is 4.74 Å². The molecule has 0 saturated carbocycles. The summed E-state index contributed by atoms with van der Waals surface area (Å²) in [7, 11) is 0. The third-order valence-electron chi connectivity index (χ3n) is 5.37. The fraction of sp³-hybridized carbons (Fsp3) is 0.160. The molecule has 5 nitrogen and oxygen atoms in total. The zero-order valence-corrected chi connectivity index (χ0v) is 17.1. The number of aryl methyl sites for hydroxylation is 2. The first-order valence-electron chi connectivity index (χ1n) is 9.77. The Kier molecular flexibility index (Phi) is 5.26. The third-order valence-corrected chi connectivity index (χ3v) is 5.37. The number of hydrogen-bond acceptors (Lipinski definition) is 5. The van der Waals surface area contributed by atoms with E-state index in [-0.39, 0.29) is 17.4 Å². The van der Waals surface area contributed by atoms with Crippen molar-refractivity contribution in [2.75, 3.05) is 0 Å². The molecule has 154 valence electrons. The lowest BCUT2D eigenvalue weighted by atomic mass is 9.78. The summed E-state index contributed by atoms with van der Waals surface area (Å²) in [5, 5.41) is 28.3. The van der Waals surface area contributed by atoms with Gasteiger partial charge in [-0.25, -0.2) is 4.39 Å². The summed E-state index contributed by atoms with van der Waals surface area (Å²) in [5.74, 6) is -1.97. The number of benzene rings is 3. The van der Waals surface area contributed by atoms with Gasteiger partial charge in [-0.1, -0.05) is 29.8 Å². The van der Waals surface area contributed by atoms with E-state index in [1.54, 1.807) is 24.4 Å². The highest BCUT2D eigenvalue weighted by molar-refractivity contribution is 5.89. The summed E-state index contributed by atoms with van der Waals surface area (Å²) in [6.07, 6.45) is 1.55. The molecule has 31 heavy (non-hydrogen) atoms. The molecule has 0 radical (unpaired) electrons. The van der Waals surface area contributed by atoms with E-state index in [2.05, 4.69) is 11.1 Å². The van der Waals surface area contributed by atoms with Gasteiger partial charge in [0, 0.05) is 29.3 Å². The maximum Gasteiger partial charge on any atom is 0.205 e. The minimum atomic E-state index is -0.914. The summed E-state index contributed by atoms with van der Waals surface area (Å²) in [5.41, 5.74) is 4.50. The van der Waals surface area contributed by atoms with Gasteiger partial charge in [0.2, 0.25) is 5.90 Å². The van der Waals surface area contributed by atoms with Crippen LogP contribution in [0.1, 0.15) is 33.7 Å². The maximum atomic E-state index is 13.9. The summed E-state index contributed by atoms with van der Waals surface area (Å²) in [6.45, 7) is 3.97. The van der Waals surface area contributed by atoms with Gasteiger partial charge >= 0.3 is 0 Å². The number of nitrogens with zero attached hydrogens (tertiary/aromatic N) is 2. The minimum Gasteiger partial charge on any atom is -0.507 e. The summed E-state index contributed by atoms with van der Waals surface area (Å²) in [6, 6.07) is 17.1. The number of phenols is 1. The number of fused-ring (bicyclic) bond motifs is 1. The van der Waals surface area contributed by atoms with Crippen LogP contribution in [0, 0.1) is 42.3 Å². The molecule has 0 bridgehead atoms. The molecule has 0 spiro atoms. The molecule has 3 aromatic rings. The molecule has 0 amide bonds. The lowest BCUT2D eigenvalue weighted by Gasteiger charge is -2.30. The summed E-state index contributed by atoms with van der Waals surface area (Å²) in [4.78, 5) is 4.50. The number of rotatable bonds is 3. The second-order valence-corrected chi connectivity index (χ2v) is 7.60. The molecule has 2 unspecified atom stereocenters. The zero-order valence-electron chi connectivity index (χ0n) is 17.1. The first-order chi connectivity index (χ1) is 14.9. The van der Waals surface area contributed by atoms with Crippen molar-refractivity contribution in [2.24, 2.45) is 10.9 Å². The quantitative estimate of drug-likeness (QED) is 0.553. The topological polar surface area (TPSA) is 89.5 Å². The molecule has 0 aliphatic carbocycles. The number of halogens is 1. The number of phenolic OH excluding ortho intramolecular Hbond substituents is 1. The lowest BCUT2D eigenvalue weighted by Crippen LogP contribution is -2.31. The molecule has 2 atom stereocenters. The average Bonchev–Trinajstić information content (AvgIpc) is 2.72. The van der Waals surface area contributed by atoms with Gasteiger partial charge in [0.1, 0.15) is 23.2 Å². The molecule has 0 saturated heterocycles. The van der Waals surface area contributed by atoms with Crippen molar-refractivity contribution in [1.29, 1.82) is 10.7 Å². The Morgan fingerprint density at radius 1 is 1.16 bits per heavy atom. The van der Waals surface area contributed by atoms with Gasteiger partial charge in [-0.3, -0.25) is 10.4 Å². The predicted molar refractivity (Wildman–Crippen MR) is 117 cm³/mol. The van der Waals surface area contributed by atoms with Crippen molar-refractivity contribution >= 4 is 17.8 Å². The van der Waals surface area contributed by atoms with E-state index in [1.165, 1.54) is 18.2 Å². The number of aliphatic imine (C=N–C) groups is 1. The van der Waals surface area contributed by atoms with Crippen molar-refractivity contribution in [3.63, 3.8) is 0 Å². The van der Waals surface area contributed by atoms with Gasteiger partial charge in [-0.2, -0.15) is 5.26 Å². The largest absolute Gasteiger partial charge is 0.507 e. The molecule has 6 heteroatoms. The van der Waals surface area contributed by atoms with Crippen LogP contribution in [0.4, 0.5) is 10.1 Å². The van der Waals surface area contributed by atoms with Gasteiger partial charge in [0.15, 0.2) is 0 Å². The Bertz CT molecular complexity index is 1260. The maximum absolute atomic E-state index is 13.9. The Morgan fingerprint density at radius 2 is 1.97 bits per heavy atom. The average molecular weight is 413 g/mol. The van der Waals surface area contributed by atoms with E-state index in [4.69, 9.17) is 10.1 Å². The molecule has 1 aliphatic rings. The molecule has 3 aromatic carbocycles. The second-order valence-electron chi connectivity index (χ2n) is 7.60. The molecule has 1 heterocycles. The molecule has 2 N–H and O–H groups in total. The SMILES string of the molecule is Cc1ccc(N=Cc2cc3c(cc2O)OC(=N)C(C#N)C3c2cccc(F)c2)c(C)c1. The van der Waals surface area contributed by atoms with Crippen molar-refractivity contribution in [1.82, 2.24) is 0 Å². The van der Waals surface area contributed by atoms with Gasteiger partial charge < -0.3 is 9.84 Å². The highest BCUT2D eigenvalue weighted by atomic mass is 19.1. The summed E-state index contributed by atoms with van der Waals surface area (Å²) < 4.78 is 19.4. The fourth-order valence-electron chi connectivity index (χ4n) is 3.85. The van der Waals surface area contributed by atoms with Crippen molar-refractivity contribution in [3.05, 3.63) is 88.2 Å². The van der Waals surface area contributed by atoms with Crippen molar-refractivity contribution < 1.29 is 14.2 Å². The Hall–Kier alpha value is -3.98. The van der Waals surface area contributed by atoms with Crippen LogP contribution >= 0.6 is 0 Å². The first-order valence-corrected chi connectivity index (χ1v) is 9.77. The van der Waals surface area contributed by atoms with Gasteiger partial charge in [-0.05, 0) is 49.2 Å². The van der Waals surface area contributed by atoms with Crippen LogP contribution in [-0.4, -0.2) is 17.2 Å². The Labute approximate surface area is 179 Å². The third kappa shape index (κ3) is 3.90. The molecule has 1 aliphatic heterocycles. The van der Waals surface area contributed by atoms with E-state index in [0.717, 1.165) is 16.8 Å². The van der Waals surface area contributed by atoms with Crippen LogP contribution in [0.15, 0.2) is 59.6 Å². The van der Waals surface area contributed by atoms with Crippen LogP contribution in [0.2, 0.25) is 0 Å². The smallest absolute Gasteiger partial charge is 0.205 e. The van der Waals surface area contributed by atoms with Crippen LogP contribution in [0.5, 0.6) is 11.5 Å². The number of aromatic hydroxyl groups is 1. The number of ether oxygens (including phenoxy) is 1. The fourth-order valence-corrected chi connectivity index (χ4v) is 3.85. The van der Waals surface area contributed by atoms with Crippen molar-refractivity contribution in [2.45, 2.75) is 19.8 Å².